The molecule has 5 nitrogen and oxygen atoms in total. The van der Waals surface area contributed by atoms with E-state index in [1.165, 1.54) is 0 Å². The summed E-state index contributed by atoms with van der Waals surface area (Å²) in [5.41, 5.74) is 0. The monoisotopic (exact) mass is 308 g/mol. The van der Waals surface area contributed by atoms with Crippen LogP contribution in [0, 0.1) is 11.8 Å². The average molecular weight is 308 g/mol. The molecule has 2 amide bonds. The third-order valence-corrected chi connectivity index (χ3v) is 3.79. The highest BCUT2D eigenvalue weighted by Crippen LogP contribution is 2.32. The Morgan fingerprint density at radius 3 is 2.57 bits per heavy atom. The molecule has 1 aliphatic carbocycles. The molecule has 1 saturated heterocycles. The van der Waals surface area contributed by atoms with Crippen LogP contribution in [0.15, 0.2) is 0 Å². The van der Waals surface area contributed by atoms with Crippen LogP contribution in [0.1, 0.15) is 19.3 Å². The summed E-state index contributed by atoms with van der Waals surface area (Å²) in [4.78, 5) is 26.1. The molecule has 1 saturated carbocycles. The maximum Gasteiger partial charge on any atom is 0.406 e. The van der Waals surface area contributed by atoms with Crippen molar-refractivity contribution in [3.63, 3.8) is 0 Å². The van der Waals surface area contributed by atoms with Crippen LogP contribution >= 0.6 is 0 Å². The molecule has 0 aromatic carbocycles. The molecular formula is C13H19F3N2O3. The second-order valence-electron chi connectivity index (χ2n) is 5.74. The normalized spacial score (nSPS) is 22.8. The summed E-state index contributed by atoms with van der Waals surface area (Å²) in [6.07, 6.45) is -2.42. The number of amides is 2. The van der Waals surface area contributed by atoms with Crippen molar-refractivity contribution in [2.45, 2.75) is 25.4 Å². The van der Waals surface area contributed by atoms with Gasteiger partial charge < -0.3 is 14.9 Å². The van der Waals surface area contributed by atoms with Gasteiger partial charge in [0.05, 0.1) is 12.5 Å². The molecule has 2 fully saturated rings. The minimum absolute atomic E-state index is 0.0364. The molecule has 1 aliphatic heterocycles. The number of nitrogens with zero attached hydrogens (tertiary/aromatic N) is 2. The Balaban J connectivity index is 1.94. The van der Waals surface area contributed by atoms with Crippen molar-refractivity contribution in [3.05, 3.63) is 0 Å². The minimum Gasteiger partial charge on any atom is -0.395 e. The first kappa shape index (κ1) is 16.1. The second kappa shape index (κ2) is 6.21. The third-order valence-electron chi connectivity index (χ3n) is 3.79. The van der Waals surface area contributed by atoms with Gasteiger partial charge >= 0.3 is 6.18 Å². The molecule has 0 aromatic rings. The van der Waals surface area contributed by atoms with Gasteiger partial charge in [0.2, 0.25) is 11.8 Å². The topological polar surface area (TPSA) is 60.9 Å². The number of likely N-dealkylation sites (tertiary alicyclic amines) is 1. The Bertz CT molecular complexity index is 410. The highest BCUT2D eigenvalue weighted by atomic mass is 19.4. The molecule has 0 aromatic heterocycles. The van der Waals surface area contributed by atoms with Crippen molar-refractivity contribution >= 4 is 11.8 Å². The van der Waals surface area contributed by atoms with E-state index in [-0.39, 0.29) is 25.4 Å². The molecular weight excluding hydrogens is 289 g/mol. The van der Waals surface area contributed by atoms with Crippen LogP contribution in [-0.2, 0) is 9.59 Å². The molecule has 21 heavy (non-hydrogen) atoms. The predicted molar refractivity (Wildman–Crippen MR) is 67.1 cm³/mol. The summed E-state index contributed by atoms with van der Waals surface area (Å²) >= 11 is 0. The lowest BCUT2D eigenvalue weighted by Gasteiger charge is -2.25. The molecule has 0 spiro atoms. The lowest BCUT2D eigenvalue weighted by molar-refractivity contribution is -0.164. The highest BCUT2D eigenvalue weighted by Gasteiger charge is 2.41. The van der Waals surface area contributed by atoms with Crippen molar-refractivity contribution in [2.24, 2.45) is 11.8 Å². The maximum absolute atomic E-state index is 12.5. The van der Waals surface area contributed by atoms with E-state index >= 15 is 0 Å². The highest BCUT2D eigenvalue weighted by molar-refractivity contribution is 5.89. The van der Waals surface area contributed by atoms with Crippen LogP contribution in [0.2, 0.25) is 0 Å². The minimum atomic E-state index is -4.51. The van der Waals surface area contributed by atoms with E-state index in [4.69, 9.17) is 5.11 Å². The van der Waals surface area contributed by atoms with E-state index in [1.54, 1.807) is 4.90 Å². The van der Waals surface area contributed by atoms with Crippen molar-refractivity contribution in [2.75, 3.05) is 32.8 Å². The summed E-state index contributed by atoms with van der Waals surface area (Å²) in [7, 11) is 0. The van der Waals surface area contributed by atoms with Crippen molar-refractivity contribution < 1.29 is 27.9 Å². The van der Waals surface area contributed by atoms with Gasteiger partial charge in [-0.3, -0.25) is 9.59 Å². The zero-order valence-electron chi connectivity index (χ0n) is 11.6. The number of hydrogen-bond acceptors (Lipinski definition) is 3. The number of aliphatic hydroxyl groups excluding tert-OH is 1. The Morgan fingerprint density at radius 2 is 2.05 bits per heavy atom. The largest absolute Gasteiger partial charge is 0.406 e. The molecule has 2 aliphatic rings. The van der Waals surface area contributed by atoms with Gasteiger partial charge in [0.1, 0.15) is 6.54 Å². The third kappa shape index (κ3) is 4.59. The fourth-order valence-corrected chi connectivity index (χ4v) is 2.59. The quantitative estimate of drug-likeness (QED) is 0.783. The van der Waals surface area contributed by atoms with Gasteiger partial charge in [0.15, 0.2) is 0 Å². The maximum atomic E-state index is 12.5. The molecule has 120 valence electrons. The van der Waals surface area contributed by atoms with Crippen LogP contribution < -0.4 is 0 Å². The van der Waals surface area contributed by atoms with E-state index < -0.39 is 31.2 Å². The summed E-state index contributed by atoms with van der Waals surface area (Å²) < 4.78 is 37.4. The summed E-state index contributed by atoms with van der Waals surface area (Å²) in [6, 6.07) is 0. The van der Waals surface area contributed by atoms with E-state index in [0.29, 0.717) is 17.4 Å². The number of halogens is 3. The van der Waals surface area contributed by atoms with Crippen LogP contribution in [0.4, 0.5) is 13.2 Å². The number of rotatable bonds is 6. The molecule has 1 heterocycles. The molecule has 1 atom stereocenters. The zero-order valence-corrected chi connectivity index (χ0v) is 11.6. The average Bonchev–Trinajstić information content (AvgIpc) is 3.10. The summed E-state index contributed by atoms with van der Waals surface area (Å²) in [6.45, 7) is -1.50. The summed E-state index contributed by atoms with van der Waals surface area (Å²) in [5.74, 6) is -1.12. The first-order chi connectivity index (χ1) is 9.80. The van der Waals surface area contributed by atoms with E-state index in [9.17, 15) is 22.8 Å². The predicted octanol–water partition coefficient (Wildman–Crippen LogP) is 0.628. The van der Waals surface area contributed by atoms with E-state index in [1.807, 2.05) is 0 Å². The van der Waals surface area contributed by atoms with Crippen molar-refractivity contribution in [1.29, 1.82) is 0 Å². The lowest BCUT2D eigenvalue weighted by Crippen LogP contribution is -2.44. The number of aliphatic hydroxyl groups is 1. The number of carbonyl (C=O) groups is 2. The Morgan fingerprint density at radius 1 is 1.38 bits per heavy atom. The van der Waals surface area contributed by atoms with E-state index in [2.05, 4.69) is 0 Å². The Hall–Kier alpha value is -1.31. The van der Waals surface area contributed by atoms with Gasteiger partial charge in [-0.1, -0.05) is 0 Å². The smallest absolute Gasteiger partial charge is 0.395 e. The van der Waals surface area contributed by atoms with Crippen LogP contribution in [0.25, 0.3) is 0 Å². The standard InChI is InChI=1S/C13H19F3N2O3/c14-13(15,16)8-17(3-4-19)12(21)10-5-11(20)18(7-10)6-9-1-2-9/h9-10,19H,1-8H2. The molecule has 8 heteroatoms. The first-order valence-electron chi connectivity index (χ1n) is 7.04. The molecule has 0 bridgehead atoms. The number of hydrogen-bond donors (Lipinski definition) is 1. The Kier molecular flexibility index (Phi) is 4.75. The molecule has 0 radical (unpaired) electrons. The van der Waals surface area contributed by atoms with Gasteiger partial charge in [-0.2, -0.15) is 13.2 Å². The molecule has 1 N–H and O–H groups in total. The number of alkyl halides is 3. The molecule has 1 unspecified atom stereocenters. The number of carbonyl (C=O) groups excluding carboxylic acids is 2. The van der Waals surface area contributed by atoms with Crippen molar-refractivity contribution in [1.82, 2.24) is 9.80 Å². The van der Waals surface area contributed by atoms with Gasteiger partial charge in [0, 0.05) is 26.1 Å². The lowest BCUT2D eigenvalue weighted by atomic mass is 10.1. The van der Waals surface area contributed by atoms with Crippen LogP contribution in [0.3, 0.4) is 0 Å². The Labute approximate surface area is 120 Å². The van der Waals surface area contributed by atoms with Crippen molar-refractivity contribution in [3.8, 4) is 0 Å². The second-order valence-corrected chi connectivity index (χ2v) is 5.74. The zero-order chi connectivity index (χ0) is 15.6. The van der Waals surface area contributed by atoms with Gasteiger partial charge in [-0.25, -0.2) is 0 Å². The van der Waals surface area contributed by atoms with E-state index in [0.717, 1.165) is 12.8 Å². The fourth-order valence-electron chi connectivity index (χ4n) is 2.59. The SMILES string of the molecule is O=C1CC(C(=O)N(CCO)CC(F)(F)F)CN1CC1CC1. The van der Waals surface area contributed by atoms with Gasteiger partial charge in [-0.05, 0) is 18.8 Å². The fraction of sp³-hybridized carbons (Fsp3) is 0.846. The van der Waals surface area contributed by atoms with Crippen LogP contribution in [-0.4, -0.2) is 65.7 Å². The van der Waals surface area contributed by atoms with Gasteiger partial charge in [0.25, 0.3) is 0 Å². The van der Waals surface area contributed by atoms with Gasteiger partial charge in [-0.15, -0.1) is 0 Å². The first-order valence-corrected chi connectivity index (χ1v) is 7.04. The molecule has 2 rings (SSSR count). The summed E-state index contributed by atoms with van der Waals surface area (Å²) in [5, 5.41) is 8.82. The van der Waals surface area contributed by atoms with Crippen LogP contribution in [0.5, 0.6) is 0 Å².